The summed E-state index contributed by atoms with van der Waals surface area (Å²) in [7, 11) is 1.68. The molecule has 3 rings (SSSR count). The second-order valence-corrected chi connectivity index (χ2v) is 5.86. The highest BCUT2D eigenvalue weighted by atomic mass is 32.1. The van der Waals surface area contributed by atoms with E-state index in [0.29, 0.717) is 0 Å². The first-order valence-electron chi connectivity index (χ1n) is 6.91. The molecule has 0 unspecified atom stereocenters. The van der Waals surface area contributed by atoms with Crippen LogP contribution in [0.15, 0.2) is 30.9 Å². The molecule has 5 nitrogen and oxygen atoms in total. The number of hydrogen-bond donors (Lipinski definition) is 1. The fourth-order valence-electron chi connectivity index (χ4n) is 2.23. The standard InChI is InChI=1S/C15H18N4OS/c1-11-4-5-12(20-2)13-14(11)21-15(18-13)17-6-3-8-19-9-7-16-10-19/h4-5,7,9-10H,3,6,8H2,1-2H3,(H,17,18). The van der Waals surface area contributed by atoms with E-state index in [1.165, 1.54) is 10.3 Å². The lowest BCUT2D eigenvalue weighted by molar-refractivity contribution is 0.419. The van der Waals surface area contributed by atoms with E-state index < -0.39 is 0 Å². The summed E-state index contributed by atoms with van der Waals surface area (Å²) in [6.07, 6.45) is 6.65. The van der Waals surface area contributed by atoms with Gasteiger partial charge in [-0.25, -0.2) is 9.97 Å². The zero-order chi connectivity index (χ0) is 14.7. The van der Waals surface area contributed by atoms with Gasteiger partial charge in [0, 0.05) is 25.5 Å². The van der Waals surface area contributed by atoms with Crippen LogP contribution in [-0.4, -0.2) is 28.2 Å². The van der Waals surface area contributed by atoms with Crippen molar-refractivity contribution in [3.05, 3.63) is 36.4 Å². The summed E-state index contributed by atoms with van der Waals surface area (Å²) in [4.78, 5) is 8.68. The number of rotatable bonds is 6. The van der Waals surface area contributed by atoms with Crippen LogP contribution >= 0.6 is 11.3 Å². The lowest BCUT2D eigenvalue weighted by atomic mass is 10.2. The maximum atomic E-state index is 5.38. The molecule has 2 aromatic heterocycles. The molecule has 0 aliphatic carbocycles. The van der Waals surface area contributed by atoms with Crippen molar-refractivity contribution in [3.63, 3.8) is 0 Å². The molecular weight excluding hydrogens is 284 g/mol. The van der Waals surface area contributed by atoms with Crippen LogP contribution in [0, 0.1) is 6.92 Å². The highest BCUT2D eigenvalue weighted by Gasteiger charge is 2.10. The Balaban J connectivity index is 1.66. The number of hydrogen-bond acceptors (Lipinski definition) is 5. The van der Waals surface area contributed by atoms with Gasteiger partial charge < -0.3 is 14.6 Å². The topological polar surface area (TPSA) is 52.0 Å². The van der Waals surface area contributed by atoms with Crippen molar-refractivity contribution < 1.29 is 4.74 Å². The Morgan fingerprint density at radius 2 is 2.29 bits per heavy atom. The van der Waals surface area contributed by atoms with Crippen molar-refractivity contribution in [2.45, 2.75) is 19.9 Å². The summed E-state index contributed by atoms with van der Waals surface area (Å²) in [6.45, 7) is 3.95. The van der Waals surface area contributed by atoms with Gasteiger partial charge in [0.2, 0.25) is 0 Å². The van der Waals surface area contributed by atoms with Crippen LogP contribution in [-0.2, 0) is 6.54 Å². The number of methoxy groups -OCH3 is 1. The van der Waals surface area contributed by atoms with Crippen molar-refractivity contribution >= 4 is 26.7 Å². The van der Waals surface area contributed by atoms with Gasteiger partial charge in [-0.3, -0.25) is 0 Å². The van der Waals surface area contributed by atoms with Crippen LogP contribution in [0.5, 0.6) is 5.75 Å². The Bertz CT molecular complexity index is 721. The first kappa shape index (κ1) is 13.9. The minimum absolute atomic E-state index is 0.832. The smallest absolute Gasteiger partial charge is 0.183 e. The van der Waals surface area contributed by atoms with E-state index in [-0.39, 0.29) is 0 Å². The molecule has 21 heavy (non-hydrogen) atoms. The number of nitrogens with zero attached hydrogens (tertiary/aromatic N) is 3. The molecule has 0 aliphatic rings. The molecule has 0 saturated heterocycles. The average molecular weight is 302 g/mol. The van der Waals surface area contributed by atoms with Crippen LogP contribution in [0.2, 0.25) is 0 Å². The minimum Gasteiger partial charge on any atom is -0.494 e. The van der Waals surface area contributed by atoms with Gasteiger partial charge in [0.15, 0.2) is 5.13 Å². The van der Waals surface area contributed by atoms with E-state index in [4.69, 9.17) is 4.74 Å². The van der Waals surface area contributed by atoms with Gasteiger partial charge in [-0.1, -0.05) is 17.4 Å². The molecule has 0 radical (unpaired) electrons. The van der Waals surface area contributed by atoms with Gasteiger partial charge >= 0.3 is 0 Å². The van der Waals surface area contributed by atoms with Crippen molar-refractivity contribution in [1.82, 2.24) is 14.5 Å². The number of imidazole rings is 1. The summed E-state index contributed by atoms with van der Waals surface area (Å²) >= 11 is 1.68. The molecule has 0 fully saturated rings. The number of aromatic nitrogens is 3. The number of aryl methyl sites for hydroxylation is 2. The normalized spacial score (nSPS) is 11.0. The van der Waals surface area contributed by atoms with E-state index in [2.05, 4.69) is 32.8 Å². The Hall–Kier alpha value is -2.08. The molecule has 0 atom stereocenters. The van der Waals surface area contributed by atoms with Crippen molar-refractivity contribution in [2.75, 3.05) is 19.0 Å². The number of benzene rings is 1. The molecule has 110 valence electrons. The Morgan fingerprint density at radius 1 is 1.38 bits per heavy atom. The third-order valence-electron chi connectivity index (χ3n) is 3.35. The van der Waals surface area contributed by atoms with Gasteiger partial charge in [0.05, 0.1) is 18.1 Å². The van der Waals surface area contributed by atoms with E-state index in [1.54, 1.807) is 24.6 Å². The lowest BCUT2D eigenvalue weighted by Crippen LogP contribution is -2.05. The fraction of sp³-hybridized carbons (Fsp3) is 0.333. The highest BCUT2D eigenvalue weighted by molar-refractivity contribution is 7.22. The van der Waals surface area contributed by atoms with Gasteiger partial charge in [-0.05, 0) is 25.0 Å². The van der Waals surface area contributed by atoms with E-state index in [9.17, 15) is 0 Å². The van der Waals surface area contributed by atoms with E-state index in [0.717, 1.165) is 35.9 Å². The summed E-state index contributed by atoms with van der Waals surface area (Å²) in [5, 5.41) is 4.34. The molecule has 0 saturated carbocycles. The van der Waals surface area contributed by atoms with Crippen LogP contribution in [0.25, 0.3) is 10.2 Å². The Morgan fingerprint density at radius 3 is 3.05 bits per heavy atom. The highest BCUT2D eigenvalue weighted by Crippen LogP contribution is 2.34. The number of anilines is 1. The molecule has 0 amide bonds. The van der Waals surface area contributed by atoms with Crippen LogP contribution < -0.4 is 10.1 Å². The summed E-state index contributed by atoms with van der Waals surface area (Å²) in [5.41, 5.74) is 2.18. The van der Waals surface area contributed by atoms with Crippen molar-refractivity contribution in [2.24, 2.45) is 0 Å². The largest absolute Gasteiger partial charge is 0.494 e. The number of nitrogens with one attached hydrogen (secondary N) is 1. The molecular formula is C15H18N4OS. The Labute approximate surface area is 127 Å². The van der Waals surface area contributed by atoms with E-state index >= 15 is 0 Å². The predicted molar refractivity (Wildman–Crippen MR) is 86.2 cm³/mol. The third-order valence-corrected chi connectivity index (χ3v) is 4.50. The second-order valence-electron chi connectivity index (χ2n) is 4.86. The molecule has 1 aromatic carbocycles. The van der Waals surface area contributed by atoms with Crippen molar-refractivity contribution in [1.29, 1.82) is 0 Å². The van der Waals surface area contributed by atoms with E-state index in [1.807, 2.05) is 18.6 Å². The van der Waals surface area contributed by atoms with Gasteiger partial charge in [0.25, 0.3) is 0 Å². The van der Waals surface area contributed by atoms with Gasteiger partial charge in [-0.2, -0.15) is 0 Å². The van der Waals surface area contributed by atoms with Crippen LogP contribution in [0.1, 0.15) is 12.0 Å². The number of fused-ring (bicyclic) bond motifs is 1. The van der Waals surface area contributed by atoms with Gasteiger partial charge in [-0.15, -0.1) is 0 Å². The average Bonchev–Trinajstić information content (AvgIpc) is 3.14. The summed E-state index contributed by atoms with van der Waals surface area (Å²) in [6, 6.07) is 4.04. The number of ether oxygens (including phenoxy) is 1. The SMILES string of the molecule is COc1ccc(C)c2sc(NCCCn3ccnc3)nc12. The maximum Gasteiger partial charge on any atom is 0.183 e. The van der Waals surface area contributed by atoms with Gasteiger partial charge in [0.1, 0.15) is 11.3 Å². The quantitative estimate of drug-likeness (QED) is 0.710. The fourth-order valence-corrected chi connectivity index (χ4v) is 3.20. The monoisotopic (exact) mass is 302 g/mol. The zero-order valence-electron chi connectivity index (χ0n) is 12.2. The lowest BCUT2D eigenvalue weighted by Gasteiger charge is -2.03. The molecule has 3 aromatic rings. The Kier molecular flexibility index (Phi) is 4.06. The zero-order valence-corrected chi connectivity index (χ0v) is 13.0. The molecule has 0 spiro atoms. The molecule has 1 N–H and O–H groups in total. The molecule has 0 bridgehead atoms. The molecule has 0 aliphatic heterocycles. The van der Waals surface area contributed by atoms with Crippen molar-refractivity contribution in [3.8, 4) is 5.75 Å². The molecule has 6 heteroatoms. The first-order chi connectivity index (χ1) is 10.3. The molecule has 2 heterocycles. The maximum absolute atomic E-state index is 5.38. The first-order valence-corrected chi connectivity index (χ1v) is 7.73. The minimum atomic E-state index is 0.832. The van der Waals surface area contributed by atoms with Crippen LogP contribution in [0.3, 0.4) is 0 Å². The summed E-state index contributed by atoms with van der Waals surface area (Å²) < 4.78 is 8.64. The summed E-state index contributed by atoms with van der Waals surface area (Å²) in [5.74, 6) is 0.832. The second kappa shape index (κ2) is 6.13. The third kappa shape index (κ3) is 3.00. The van der Waals surface area contributed by atoms with Crippen LogP contribution in [0.4, 0.5) is 5.13 Å². The predicted octanol–water partition coefficient (Wildman–Crippen LogP) is 3.31. The number of thiazole rings is 1.